The van der Waals surface area contributed by atoms with Crippen LogP contribution in [0.15, 0.2) is 24.3 Å². The Morgan fingerprint density at radius 1 is 1.18 bits per heavy atom. The van der Waals surface area contributed by atoms with Crippen LogP contribution < -0.4 is 14.2 Å². The number of aromatic hydroxyl groups is 2. The molecule has 0 fully saturated rings. The summed E-state index contributed by atoms with van der Waals surface area (Å²) in [4.78, 5) is 0. The van der Waals surface area contributed by atoms with Gasteiger partial charge in [-0.3, -0.25) is 0 Å². The van der Waals surface area contributed by atoms with Crippen molar-refractivity contribution in [1.82, 2.24) is 0 Å². The molecule has 5 heteroatoms. The van der Waals surface area contributed by atoms with Gasteiger partial charge in [0.1, 0.15) is 34.9 Å². The number of fused-ring (bicyclic) bond motifs is 5. The highest BCUT2D eigenvalue weighted by atomic mass is 16.5. The summed E-state index contributed by atoms with van der Waals surface area (Å²) in [6, 6.07) is 6.86. The van der Waals surface area contributed by atoms with Crippen LogP contribution in [-0.4, -0.2) is 23.9 Å². The van der Waals surface area contributed by atoms with Gasteiger partial charge in [0, 0.05) is 23.3 Å². The Hall–Kier alpha value is -2.56. The molecule has 2 aromatic carbocycles. The van der Waals surface area contributed by atoms with Gasteiger partial charge in [-0.15, -0.1) is 0 Å². The number of benzene rings is 2. The molecular formula is C17H16O5. The van der Waals surface area contributed by atoms with Gasteiger partial charge < -0.3 is 24.4 Å². The molecule has 2 aliphatic heterocycles. The van der Waals surface area contributed by atoms with Crippen molar-refractivity contribution in [1.29, 1.82) is 0 Å². The number of phenolic OH excluding ortho intramolecular Hbond substituents is 2. The van der Waals surface area contributed by atoms with E-state index in [-0.39, 0.29) is 23.5 Å². The number of ether oxygens (including phenoxy) is 3. The van der Waals surface area contributed by atoms with Crippen LogP contribution in [0, 0.1) is 6.92 Å². The molecule has 0 aromatic heterocycles. The average molecular weight is 300 g/mol. The monoisotopic (exact) mass is 300 g/mol. The van der Waals surface area contributed by atoms with Crippen LogP contribution in [0.5, 0.6) is 28.7 Å². The van der Waals surface area contributed by atoms with E-state index in [1.807, 2.05) is 6.07 Å². The van der Waals surface area contributed by atoms with E-state index in [4.69, 9.17) is 14.2 Å². The predicted molar refractivity (Wildman–Crippen MR) is 79.1 cm³/mol. The number of phenols is 2. The Kier molecular flexibility index (Phi) is 2.66. The largest absolute Gasteiger partial charge is 0.508 e. The Labute approximate surface area is 127 Å². The highest BCUT2D eigenvalue weighted by molar-refractivity contribution is 5.60. The molecule has 0 aliphatic carbocycles. The smallest absolute Gasteiger partial charge is 0.141 e. The van der Waals surface area contributed by atoms with Crippen molar-refractivity contribution in [2.45, 2.75) is 18.9 Å². The molecule has 114 valence electrons. The third-order valence-electron chi connectivity index (χ3n) is 4.45. The second kappa shape index (κ2) is 4.47. The lowest BCUT2D eigenvalue weighted by Gasteiger charge is -2.29. The van der Waals surface area contributed by atoms with Crippen molar-refractivity contribution in [3.63, 3.8) is 0 Å². The van der Waals surface area contributed by atoms with Gasteiger partial charge in [0.05, 0.1) is 25.2 Å². The van der Waals surface area contributed by atoms with Crippen molar-refractivity contribution in [2.75, 3.05) is 13.7 Å². The maximum atomic E-state index is 10.5. The van der Waals surface area contributed by atoms with Crippen LogP contribution in [0.4, 0.5) is 0 Å². The van der Waals surface area contributed by atoms with E-state index in [9.17, 15) is 10.2 Å². The van der Waals surface area contributed by atoms with E-state index in [2.05, 4.69) is 0 Å². The molecule has 5 nitrogen and oxygen atoms in total. The highest BCUT2D eigenvalue weighted by Gasteiger charge is 2.43. The van der Waals surface area contributed by atoms with Gasteiger partial charge in [0.25, 0.3) is 0 Å². The molecule has 0 bridgehead atoms. The first kappa shape index (κ1) is 13.1. The topological polar surface area (TPSA) is 68.2 Å². The second-order valence-corrected chi connectivity index (χ2v) is 5.64. The molecule has 4 rings (SSSR count). The molecular weight excluding hydrogens is 284 g/mol. The summed E-state index contributed by atoms with van der Waals surface area (Å²) in [7, 11) is 1.56. The summed E-state index contributed by atoms with van der Waals surface area (Å²) in [5, 5.41) is 20.2. The summed E-state index contributed by atoms with van der Waals surface area (Å²) < 4.78 is 17.1. The molecule has 2 unspecified atom stereocenters. The van der Waals surface area contributed by atoms with E-state index < -0.39 is 0 Å². The van der Waals surface area contributed by atoms with Crippen LogP contribution in [0.25, 0.3) is 0 Å². The van der Waals surface area contributed by atoms with E-state index in [1.54, 1.807) is 32.2 Å². The third kappa shape index (κ3) is 1.65. The molecule has 2 heterocycles. The summed E-state index contributed by atoms with van der Waals surface area (Å²) in [6.45, 7) is 2.26. The zero-order valence-electron chi connectivity index (χ0n) is 12.3. The molecule has 0 amide bonds. The maximum Gasteiger partial charge on any atom is 0.141 e. The number of rotatable bonds is 1. The zero-order valence-corrected chi connectivity index (χ0v) is 12.3. The first-order valence-electron chi connectivity index (χ1n) is 7.13. The quantitative estimate of drug-likeness (QED) is 0.847. The van der Waals surface area contributed by atoms with Gasteiger partial charge >= 0.3 is 0 Å². The van der Waals surface area contributed by atoms with E-state index >= 15 is 0 Å². The zero-order chi connectivity index (χ0) is 15.4. The molecule has 0 saturated carbocycles. The van der Waals surface area contributed by atoms with Crippen molar-refractivity contribution in [2.24, 2.45) is 0 Å². The first-order chi connectivity index (χ1) is 10.6. The third-order valence-corrected chi connectivity index (χ3v) is 4.45. The fraction of sp³-hybridized carbons (Fsp3) is 0.294. The van der Waals surface area contributed by atoms with Crippen LogP contribution >= 0.6 is 0 Å². The first-order valence-corrected chi connectivity index (χ1v) is 7.13. The standard InChI is InChI=1S/C17H16O5/c1-8-12(20-2)6-14-15(16(8)19)17-11(7-21-14)10-4-3-9(18)5-13(10)22-17/h3-6,11,17-19H,7H2,1-2H3. The molecule has 0 saturated heterocycles. The van der Waals surface area contributed by atoms with E-state index in [0.29, 0.717) is 35.0 Å². The lowest BCUT2D eigenvalue weighted by Crippen LogP contribution is -2.23. The van der Waals surface area contributed by atoms with Crippen LogP contribution in [0.2, 0.25) is 0 Å². The molecule has 0 radical (unpaired) electrons. The molecule has 22 heavy (non-hydrogen) atoms. The van der Waals surface area contributed by atoms with Gasteiger partial charge in [0.15, 0.2) is 0 Å². The summed E-state index contributed by atoms with van der Waals surface area (Å²) in [6.07, 6.45) is -0.315. The lowest BCUT2D eigenvalue weighted by atomic mass is 9.88. The van der Waals surface area contributed by atoms with Crippen molar-refractivity contribution < 1.29 is 24.4 Å². The summed E-state index contributed by atoms with van der Waals surface area (Å²) >= 11 is 0. The second-order valence-electron chi connectivity index (χ2n) is 5.64. The summed E-state index contributed by atoms with van der Waals surface area (Å²) in [5.41, 5.74) is 2.29. The minimum Gasteiger partial charge on any atom is -0.508 e. The van der Waals surface area contributed by atoms with Gasteiger partial charge in [0.2, 0.25) is 0 Å². The SMILES string of the molecule is COc1cc2c(c(O)c1C)C1Oc3cc(O)ccc3C1CO2. The van der Waals surface area contributed by atoms with Crippen LogP contribution in [0.3, 0.4) is 0 Å². The van der Waals surface area contributed by atoms with Gasteiger partial charge in [-0.2, -0.15) is 0 Å². The Morgan fingerprint density at radius 3 is 2.77 bits per heavy atom. The Balaban J connectivity index is 1.85. The van der Waals surface area contributed by atoms with Gasteiger partial charge in [-0.25, -0.2) is 0 Å². The minimum atomic E-state index is -0.315. The molecule has 0 spiro atoms. The average Bonchev–Trinajstić information content (AvgIpc) is 2.87. The number of hydrogen-bond acceptors (Lipinski definition) is 5. The molecule has 2 atom stereocenters. The van der Waals surface area contributed by atoms with Crippen molar-refractivity contribution in [3.8, 4) is 28.7 Å². The summed E-state index contributed by atoms with van der Waals surface area (Å²) in [5.74, 6) is 2.11. The fourth-order valence-electron chi connectivity index (χ4n) is 3.28. The normalized spacial score (nSPS) is 21.2. The van der Waals surface area contributed by atoms with Crippen LogP contribution in [0.1, 0.15) is 28.7 Å². The molecule has 2 aromatic rings. The predicted octanol–water partition coefficient (Wildman–Crippen LogP) is 3.02. The maximum absolute atomic E-state index is 10.5. The fourth-order valence-corrected chi connectivity index (χ4v) is 3.28. The van der Waals surface area contributed by atoms with Crippen molar-refractivity contribution in [3.05, 3.63) is 41.0 Å². The van der Waals surface area contributed by atoms with Crippen LogP contribution in [-0.2, 0) is 0 Å². The van der Waals surface area contributed by atoms with Gasteiger partial charge in [-0.05, 0) is 13.0 Å². The lowest BCUT2D eigenvalue weighted by molar-refractivity contribution is 0.135. The number of methoxy groups -OCH3 is 1. The molecule has 2 N–H and O–H groups in total. The highest BCUT2D eigenvalue weighted by Crippen LogP contribution is 2.55. The van der Waals surface area contributed by atoms with Gasteiger partial charge in [-0.1, -0.05) is 6.07 Å². The number of hydrogen-bond donors (Lipinski definition) is 2. The Bertz CT molecular complexity index is 768. The Morgan fingerprint density at radius 2 is 2.00 bits per heavy atom. The van der Waals surface area contributed by atoms with E-state index in [0.717, 1.165) is 5.56 Å². The van der Waals surface area contributed by atoms with Crippen molar-refractivity contribution >= 4 is 0 Å². The van der Waals surface area contributed by atoms with E-state index in [1.165, 1.54) is 0 Å². The minimum absolute atomic E-state index is 0.00166. The molecule has 2 aliphatic rings.